The molecule has 0 fully saturated rings. The molecule has 0 radical (unpaired) electrons. The lowest BCUT2D eigenvalue weighted by molar-refractivity contribution is 0.318. The Bertz CT molecular complexity index is 796. The summed E-state index contributed by atoms with van der Waals surface area (Å²) in [7, 11) is -7.65. The van der Waals surface area contributed by atoms with E-state index >= 15 is 0 Å². The van der Waals surface area contributed by atoms with Gasteiger partial charge in [0.2, 0.25) is 10.0 Å². The van der Waals surface area contributed by atoms with Crippen LogP contribution in [0.3, 0.4) is 0 Å². The third-order valence-corrected chi connectivity index (χ3v) is 8.33. The molecule has 0 aliphatic carbocycles. The molecule has 1 aromatic heterocycles. The van der Waals surface area contributed by atoms with Crippen LogP contribution in [0.1, 0.15) is 25.5 Å². The number of thiophene rings is 1. The number of rotatable bonds is 6. The highest BCUT2D eigenvalue weighted by Crippen LogP contribution is 2.40. The highest BCUT2D eigenvalue weighted by atomic mass is 32.3. The highest BCUT2D eigenvalue weighted by molar-refractivity contribution is 7.94. The van der Waals surface area contributed by atoms with E-state index < -0.39 is 20.0 Å². The molecular weight excluding hydrogens is 358 g/mol. The van der Waals surface area contributed by atoms with Gasteiger partial charge < -0.3 is 5.32 Å². The molecule has 0 aromatic carbocycles. The van der Waals surface area contributed by atoms with Crippen LogP contribution in [0.4, 0.5) is 0 Å². The number of hydrogen-bond donors (Lipinski definition) is 2. The van der Waals surface area contributed by atoms with Gasteiger partial charge in [-0.15, -0.1) is 17.9 Å². The monoisotopic (exact) mass is 379 g/mol. The maximum Gasteiger partial charge on any atom is 0.253 e. The van der Waals surface area contributed by atoms with E-state index in [0.29, 0.717) is 30.0 Å². The third kappa shape index (κ3) is 3.83. The van der Waals surface area contributed by atoms with Crippen molar-refractivity contribution in [1.82, 2.24) is 9.62 Å². The predicted molar refractivity (Wildman–Crippen MR) is 90.2 cm³/mol. The molecule has 3 N–H and O–H groups in total. The summed E-state index contributed by atoms with van der Waals surface area (Å²) in [4.78, 5) is 0. The molecule has 23 heavy (non-hydrogen) atoms. The molecule has 1 unspecified atom stereocenters. The number of sulfonamides is 2. The van der Waals surface area contributed by atoms with E-state index in [1.165, 1.54) is 10.4 Å². The number of primary sulfonamides is 1. The van der Waals surface area contributed by atoms with Crippen molar-refractivity contribution in [2.24, 2.45) is 11.1 Å². The van der Waals surface area contributed by atoms with Gasteiger partial charge in [0.05, 0.1) is 0 Å². The van der Waals surface area contributed by atoms with Crippen LogP contribution in [-0.4, -0.2) is 40.8 Å². The normalized spacial score (nSPS) is 21.3. The number of hydrogen-bond acceptors (Lipinski definition) is 6. The molecule has 7 nitrogen and oxygen atoms in total. The second-order valence-electron chi connectivity index (χ2n) is 5.82. The zero-order chi connectivity index (χ0) is 17.4. The molecule has 1 atom stereocenters. The van der Waals surface area contributed by atoms with E-state index in [4.69, 9.17) is 5.14 Å². The molecule has 130 valence electrons. The lowest BCUT2D eigenvalue weighted by Gasteiger charge is -2.33. The molecule has 1 aromatic rings. The summed E-state index contributed by atoms with van der Waals surface area (Å²) in [5.41, 5.74) is 0.459. The summed E-state index contributed by atoms with van der Waals surface area (Å²) in [6, 6.07) is 1.07. The fourth-order valence-electron chi connectivity index (χ4n) is 2.45. The maximum atomic E-state index is 12.8. The fraction of sp³-hybridized carbons (Fsp3) is 0.538. The van der Waals surface area contributed by atoms with Crippen LogP contribution < -0.4 is 10.5 Å². The van der Waals surface area contributed by atoms with Crippen molar-refractivity contribution < 1.29 is 16.8 Å². The van der Waals surface area contributed by atoms with Gasteiger partial charge in [-0.05, 0) is 12.0 Å². The van der Waals surface area contributed by atoms with Crippen molar-refractivity contribution in [3.05, 3.63) is 24.3 Å². The summed E-state index contributed by atoms with van der Waals surface area (Å²) in [5, 5.41) is 8.34. The molecule has 2 rings (SSSR count). The number of nitrogens with zero attached hydrogens (tertiary/aromatic N) is 1. The average molecular weight is 380 g/mol. The molecule has 0 spiro atoms. The largest absolute Gasteiger partial charge is 0.305 e. The van der Waals surface area contributed by atoms with Crippen molar-refractivity contribution in [2.75, 3.05) is 19.6 Å². The minimum atomic E-state index is -3.94. The van der Waals surface area contributed by atoms with Gasteiger partial charge in [0.1, 0.15) is 8.42 Å². The van der Waals surface area contributed by atoms with Crippen LogP contribution in [0.2, 0.25) is 0 Å². The minimum absolute atomic E-state index is 0.0509. The lowest BCUT2D eigenvalue weighted by Crippen LogP contribution is -2.44. The van der Waals surface area contributed by atoms with Crippen molar-refractivity contribution >= 4 is 31.4 Å². The zero-order valence-corrected chi connectivity index (χ0v) is 15.5. The minimum Gasteiger partial charge on any atom is -0.305 e. The van der Waals surface area contributed by atoms with E-state index in [1.54, 1.807) is 6.08 Å². The summed E-state index contributed by atoms with van der Waals surface area (Å²) >= 11 is 0.709. The first-order valence-corrected chi connectivity index (χ1v) is 10.9. The Balaban J connectivity index is 2.55. The van der Waals surface area contributed by atoms with Crippen LogP contribution in [0.15, 0.2) is 27.1 Å². The summed E-state index contributed by atoms with van der Waals surface area (Å²) in [6.07, 6.45) is 1.67. The highest BCUT2D eigenvalue weighted by Gasteiger charge is 2.39. The molecule has 1 aliphatic heterocycles. The van der Waals surface area contributed by atoms with E-state index in [-0.39, 0.29) is 26.9 Å². The van der Waals surface area contributed by atoms with Crippen LogP contribution in [0.5, 0.6) is 0 Å². The van der Waals surface area contributed by atoms with Gasteiger partial charge in [-0.25, -0.2) is 22.0 Å². The molecular formula is C13H21N3O4S3. The van der Waals surface area contributed by atoms with E-state index in [9.17, 15) is 16.8 Å². The summed E-state index contributed by atoms with van der Waals surface area (Å²) in [6.45, 7) is 8.61. The van der Waals surface area contributed by atoms with Crippen molar-refractivity contribution in [2.45, 2.75) is 28.3 Å². The zero-order valence-electron chi connectivity index (χ0n) is 13.0. The molecule has 0 amide bonds. The molecule has 10 heteroatoms. The molecule has 1 aliphatic rings. The molecule has 0 bridgehead atoms. The number of nitrogens with one attached hydrogen (secondary N) is 1. The maximum absolute atomic E-state index is 12.8. The Morgan fingerprint density at radius 3 is 2.74 bits per heavy atom. The summed E-state index contributed by atoms with van der Waals surface area (Å²) < 4.78 is 50.0. The second kappa shape index (κ2) is 6.61. The summed E-state index contributed by atoms with van der Waals surface area (Å²) in [5.74, 6) is 0.157. The van der Waals surface area contributed by atoms with Gasteiger partial charge in [-0.1, -0.05) is 19.9 Å². The van der Waals surface area contributed by atoms with Crippen molar-refractivity contribution in [3.8, 4) is 0 Å². The van der Waals surface area contributed by atoms with E-state index in [2.05, 4.69) is 11.9 Å². The quantitative estimate of drug-likeness (QED) is 0.713. The van der Waals surface area contributed by atoms with E-state index in [1.807, 2.05) is 13.8 Å². The fourth-order valence-corrected chi connectivity index (χ4v) is 6.88. The molecule has 0 saturated carbocycles. The van der Waals surface area contributed by atoms with Crippen LogP contribution in [0.25, 0.3) is 0 Å². The first-order chi connectivity index (χ1) is 10.6. The van der Waals surface area contributed by atoms with Gasteiger partial charge in [-0.2, -0.15) is 4.31 Å². The Kier molecular flexibility index (Phi) is 5.34. The van der Waals surface area contributed by atoms with Crippen molar-refractivity contribution in [3.63, 3.8) is 0 Å². The third-order valence-electron chi connectivity index (χ3n) is 3.40. The van der Waals surface area contributed by atoms with Crippen molar-refractivity contribution in [1.29, 1.82) is 0 Å². The number of nitrogens with two attached hydrogens (primary N) is 1. The Labute approximate surface area is 141 Å². The van der Waals surface area contributed by atoms with Gasteiger partial charge in [0.25, 0.3) is 10.0 Å². The smallest absolute Gasteiger partial charge is 0.253 e. The first-order valence-electron chi connectivity index (χ1n) is 7.08. The van der Waals surface area contributed by atoms with Crippen LogP contribution in [0, 0.1) is 5.92 Å². The first kappa shape index (κ1) is 18.6. The Hall–Kier alpha value is -0.780. The Morgan fingerprint density at radius 2 is 2.22 bits per heavy atom. The van der Waals surface area contributed by atoms with Gasteiger partial charge in [0, 0.05) is 31.2 Å². The molecule has 0 saturated heterocycles. The SMILES string of the molecule is C=CCNC1CN(CC(C)C)S(=O)(=O)c2sc(S(N)(=O)=O)cc21. The van der Waals surface area contributed by atoms with Gasteiger partial charge in [-0.3, -0.25) is 0 Å². The van der Waals surface area contributed by atoms with Crippen LogP contribution >= 0.6 is 11.3 Å². The van der Waals surface area contributed by atoms with Gasteiger partial charge >= 0.3 is 0 Å². The van der Waals surface area contributed by atoms with E-state index in [0.717, 1.165) is 0 Å². The average Bonchev–Trinajstić information content (AvgIpc) is 2.86. The predicted octanol–water partition coefficient (Wildman–Crippen LogP) is 0.873. The van der Waals surface area contributed by atoms with Gasteiger partial charge in [0.15, 0.2) is 0 Å². The molecule has 2 heterocycles. The number of fused-ring (bicyclic) bond motifs is 1. The lowest BCUT2D eigenvalue weighted by atomic mass is 10.1. The topological polar surface area (TPSA) is 110 Å². The standard InChI is InChI=1S/C13H21N3O4S3/c1-4-5-15-11-8-16(7-9(2)3)23(19,20)13-10(11)6-12(21-13)22(14,17)18/h4,6,9,11,15H,1,5,7-8H2,2-3H3,(H2,14,17,18). The van der Waals surface area contributed by atoms with Crippen LogP contribution in [-0.2, 0) is 20.0 Å². The second-order valence-corrected chi connectivity index (χ2v) is 10.8. The Morgan fingerprint density at radius 1 is 1.57 bits per heavy atom.